The minimum Gasteiger partial charge on any atom is -0.492 e. The molecule has 2 N–H and O–H groups in total. The number of nitrogens with two attached hydrogens (primary N) is 1. The molecule has 0 spiro atoms. The zero-order valence-corrected chi connectivity index (χ0v) is 12.1. The summed E-state index contributed by atoms with van der Waals surface area (Å²) in [5, 5.41) is 0. The van der Waals surface area contributed by atoms with Gasteiger partial charge in [-0.1, -0.05) is 19.4 Å². The normalized spacial score (nSPS) is 12.0. The van der Waals surface area contributed by atoms with E-state index in [4.69, 9.17) is 10.5 Å². The summed E-state index contributed by atoms with van der Waals surface area (Å²) in [6, 6.07) is 5.96. The smallest absolute Gasteiger partial charge is 0.222 e. The van der Waals surface area contributed by atoms with Crippen molar-refractivity contribution in [3.05, 3.63) is 30.1 Å². The third-order valence-electron chi connectivity index (χ3n) is 3.29. The Morgan fingerprint density at radius 3 is 2.85 bits per heavy atom. The first-order valence-corrected chi connectivity index (χ1v) is 6.89. The predicted molar refractivity (Wildman–Crippen MR) is 77.0 cm³/mol. The number of hydrogen-bond donors (Lipinski definition) is 1. The van der Waals surface area contributed by atoms with E-state index in [-0.39, 0.29) is 17.6 Å². The Hall–Kier alpha value is -1.62. The van der Waals surface area contributed by atoms with Crippen LogP contribution in [0.2, 0.25) is 0 Å². The number of benzene rings is 1. The number of nitrogens with zero attached hydrogens (tertiary/aromatic N) is 1. The Kier molecular flexibility index (Phi) is 7.01. The topological polar surface area (TPSA) is 55.6 Å². The highest BCUT2D eigenvalue weighted by molar-refractivity contribution is 5.76. The maximum atomic E-state index is 12.9. The molecule has 0 radical (unpaired) electrons. The zero-order valence-electron chi connectivity index (χ0n) is 12.1. The lowest BCUT2D eigenvalue weighted by Crippen LogP contribution is -2.33. The Balaban J connectivity index is 2.32. The van der Waals surface area contributed by atoms with Gasteiger partial charge in [-0.3, -0.25) is 4.79 Å². The van der Waals surface area contributed by atoms with Gasteiger partial charge in [-0.25, -0.2) is 4.39 Å². The average molecular weight is 282 g/mol. The van der Waals surface area contributed by atoms with Gasteiger partial charge in [-0.2, -0.15) is 0 Å². The van der Waals surface area contributed by atoms with Gasteiger partial charge in [-0.15, -0.1) is 0 Å². The van der Waals surface area contributed by atoms with Gasteiger partial charge in [0.05, 0.1) is 6.54 Å². The number of amides is 1. The Morgan fingerprint density at radius 2 is 2.25 bits per heavy atom. The number of halogens is 1. The van der Waals surface area contributed by atoms with Gasteiger partial charge in [0.25, 0.3) is 0 Å². The van der Waals surface area contributed by atoms with Crippen LogP contribution in [0.5, 0.6) is 5.75 Å². The molecule has 0 fully saturated rings. The van der Waals surface area contributed by atoms with E-state index in [0.717, 1.165) is 6.42 Å². The molecular weight excluding hydrogens is 259 g/mol. The fourth-order valence-electron chi connectivity index (χ4n) is 1.78. The molecule has 0 bridgehead atoms. The van der Waals surface area contributed by atoms with Crippen molar-refractivity contribution in [1.82, 2.24) is 4.90 Å². The molecule has 0 saturated carbocycles. The van der Waals surface area contributed by atoms with Gasteiger partial charge in [0.2, 0.25) is 5.91 Å². The minimum absolute atomic E-state index is 0.0603. The third-order valence-corrected chi connectivity index (χ3v) is 3.29. The van der Waals surface area contributed by atoms with Gasteiger partial charge in [0, 0.05) is 19.5 Å². The Labute approximate surface area is 119 Å². The summed E-state index contributed by atoms with van der Waals surface area (Å²) in [4.78, 5) is 13.5. The third kappa shape index (κ3) is 5.57. The molecule has 1 aromatic carbocycles. The fourth-order valence-corrected chi connectivity index (χ4v) is 1.78. The van der Waals surface area contributed by atoms with Crippen LogP contribution in [-0.2, 0) is 4.79 Å². The van der Waals surface area contributed by atoms with E-state index in [1.54, 1.807) is 24.1 Å². The molecule has 0 aliphatic heterocycles. The molecule has 4 nitrogen and oxygen atoms in total. The second-order valence-corrected chi connectivity index (χ2v) is 4.84. The van der Waals surface area contributed by atoms with Crippen LogP contribution in [-0.4, -0.2) is 37.6 Å². The largest absolute Gasteiger partial charge is 0.492 e. The van der Waals surface area contributed by atoms with Crippen molar-refractivity contribution >= 4 is 5.91 Å². The maximum absolute atomic E-state index is 12.9. The highest BCUT2D eigenvalue weighted by Gasteiger charge is 2.14. The molecule has 1 aromatic rings. The number of carbonyl (C=O) groups excluding carboxylic acids is 1. The summed E-state index contributed by atoms with van der Waals surface area (Å²) in [5.41, 5.74) is 5.59. The number of carbonyl (C=O) groups is 1. The van der Waals surface area contributed by atoms with Gasteiger partial charge in [-0.05, 0) is 24.6 Å². The van der Waals surface area contributed by atoms with Crippen LogP contribution >= 0.6 is 0 Å². The van der Waals surface area contributed by atoms with Crippen molar-refractivity contribution in [3.63, 3.8) is 0 Å². The van der Waals surface area contributed by atoms with Crippen molar-refractivity contribution in [2.24, 2.45) is 11.7 Å². The van der Waals surface area contributed by atoms with E-state index < -0.39 is 0 Å². The molecule has 20 heavy (non-hydrogen) atoms. The second kappa shape index (κ2) is 8.53. The summed E-state index contributed by atoms with van der Waals surface area (Å²) >= 11 is 0. The van der Waals surface area contributed by atoms with Crippen LogP contribution in [0, 0.1) is 11.7 Å². The molecule has 1 rings (SSSR count). The molecule has 0 aromatic heterocycles. The van der Waals surface area contributed by atoms with E-state index >= 15 is 0 Å². The summed E-state index contributed by atoms with van der Waals surface area (Å²) in [6.07, 6.45) is 1.36. The molecular formula is C15H23FN2O2. The standard InChI is InChI=1S/C15H23FN2O2/c1-3-12(11-17)9-15(19)18(2)7-8-20-14-6-4-5-13(16)10-14/h4-6,10,12H,3,7-9,11,17H2,1-2H3. The predicted octanol–water partition coefficient (Wildman–Crippen LogP) is 2.04. The molecule has 0 saturated heterocycles. The first-order chi connectivity index (χ1) is 9.56. The summed E-state index contributed by atoms with van der Waals surface area (Å²) in [6.45, 7) is 3.36. The number of ether oxygens (including phenoxy) is 1. The quantitative estimate of drug-likeness (QED) is 0.794. The number of hydrogen-bond acceptors (Lipinski definition) is 3. The van der Waals surface area contributed by atoms with E-state index in [1.807, 2.05) is 6.92 Å². The van der Waals surface area contributed by atoms with Crippen molar-refractivity contribution in [2.45, 2.75) is 19.8 Å². The molecule has 1 atom stereocenters. The lowest BCUT2D eigenvalue weighted by Gasteiger charge is -2.20. The van der Waals surface area contributed by atoms with Crippen molar-refractivity contribution < 1.29 is 13.9 Å². The van der Waals surface area contributed by atoms with Crippen LogP contribution in [0.15, 0.2) is 24.3 Å². The number of likely N-dealkylation sites (N-methyl/N-ethyl adjacent to an activating group) is 1. The van der Waals surface area contributed by atoms with Crippen LogP contribution in [0.25, 0.3) is 0 Å². The van der Waals surface area contributed by atoms with Crippen molar-refractivity contribution in [3.8, 4) is 5.75 Å². The van der Waals surface area contributed by atoms with Crippen LogP contribution in [0.3, 0.4) is 0 Å². The summed E-state index contributed by atoms with van der Waals surface area (Å²) < 4.78 is 18.4. The summed E-state index contributed by atoms with van der Waals surface area (Å²) in [5.74, 6) is 0.430. The van der Waals surface area contributed by atoms with Crippen molar-refractivity contribution in [2.75, 3.05) is 26.7 Å². The molecule has 1 unspecified atom stereocenters. The zero-order chi connectivity index (χ0) is 15.0. The summed E-state index contributed by atoms with van der Waals surface area (Å²) in [7, 11) is 1.74. The highest BCUT2D eigenvalue weighted by Crippen LogP contribution is 2.12. The van der Waals surface area contributed by atoms with Crippen LogP contribution in [0.4, 0.5) is 4.39 Å². The lowest BCUT2D eigenvalue weighted by atomic mass is 10.0. The van der Waals surface area contributed by atoms with E-state index in [9.17, 15) is 9.18 Å². The highest BCUT2D eigenvalue weighted by atomic mass is 19.1. The molecule has 0 heterocycles. The van der Waals surface area contributed by atoms with Crippen LogP contribution in [0.1, 0.15) is 19.8 Å². The molecule has 0 aliphatic carbocycles. The van der Waals surface area contributed by atoms with Gasteiger partial charge in [0.15, 0.2) is 0 Å². The Morgan fingerprint density at radius 1 is 1.50 bits per heavy atom. The van der Waals surface area contributed by atoms with E-state index in [0.29, 0.717) is 31.9 Å². The van der Waals surface area contributed by atoms with Crippen molar-refractivity contribution in [1.29, 1.82) is 0 Å². The molecule has 5 heteroatoms. The Bertz CT molecular complexity index is 422. The maximum Gasteiger partial charge on any atom is 0.222 e. The lowest BCUT2D eigenvalue weighted by molar-refractivity contribution is -0.131. The van der Waals surface area contributed by atoms with E-state index in [2.05, 4.69) is 0 Å². The fraction of sp³-hybridized carbons (Fsp3) is 0.533. The molecule has 112 valence electrons. The average Bonchev–Trinajstić information content (AvgIpc) is 2.44. The van der Waals surface area contributed by atoms with Crippen LogP contribution < -0.4 is 10.5 Å². The molecule has 0 aliphatic rings. The first-order valence-electron chi connectivity index (χ1n) is 6.89. The molecule has 1 amide bonds. The van der Waals surface area contributed by atoms with Gasteiger partial charge >= 0.3 is 0 Å². The second-order valence-electron chi connectivity index (χ2n) is 4.84. The monoisotopic (exact) mass is 282 g/mol. The van der Waals surface area contributed by atoms with E-state index in [1.165, 1.54) is 12.1 Å². The number of rotatable bonds is 8. The minimum atomic E-state index is -0.333. The van der Waals surface area contributed by atoms with Gasteiger partial charge in [0.1, 0.15) is 18.2 Å². The first kappa shape index (κ1) is 16.4. The SMILES string of the molecule is CCC(CN)CC(=O)N(C)CCOc1cccc(F)c1. The van der Waals surface area contributed by atoms with Gasteiger partial charge < -0.3 is 15.4 Å².